The number of oxazole rings is 1. The van der Waals surface area contributed by atoms with Crippen molar-refractivity contribution in [1.82, 2.24) is 4.98 Å². The third-order valence-corrected chi connectivity index (χ3v) is 3.32. The summed E-state index contributed by atoms with van der Waals surface area (Å²) in [5, 5.41) is 0.410. The average molecular weight is 306 g/mol. The van der Waals surface area contributed by atoms with Crippen LogP contribution >= 0.6 is 11.6 Å². The number of aromatic amines is 1. The minimum absolute atomic E-state index is 0.351. The molecule has 1 aromatic heterocycles. The molecule has 0 aliphatic carbocycles. The minimum atomic E-state index is -0.520. The van der Waals surface area contributed by atoms with Crippen LogP contribution in [0.2, 0.25) is 5.02 Å². The third kappa shape index (κ3) is 2.87. The maximum absolute atomic E-state index is 11.1. The van der Waals surface area contributed by atoms with Crippen LogP contribution in [0.25, 0.3) is 11.1 Å². The smallest absolute Gasteiger partial charge is 0.417 e. The van der Waals surface area contributed by atoms with Gasteiger partial charge in [-0.1, -0.05) is 23.7 Å². The van der Waals surface area contributed by atoms with Crippen molar-refractivity contribution in [1.29, 1.82) is 0 Å². The monoisotopic (exact) mass is 305 g/mol. The van der Waals surface area contributed by atoms with Gasteiger partial charge in [0.1, 0.15) is 18.1 Å². The topological polar surface area (TPSA) is 64.5 Å². The van der Waals surface area contributed by atoms with E-state index < -0.39 is 5.76 Å². The quantitative estimate of drug-likeness (QED) is 0.802. The van der Waals surface area contributed by atoms with Gasteiger partial charge in [-0.25, -0.2) is 4.79 Å². The summed E-state index contributed by atoms with van der Waals surface area (Å²) in [5.41, 5.74) is 1.93. The zero-order chi connectivity index (χ0) is 14.8. The lowest BCUT2D eigenvalue weighted by atomic mass is 10.2. The van der Waals surface area contributed by atoms with Crippen molar-refractivity contribution in [3.63, 3.8) is 0 Å². The molecule has 6 heteroatoms. The number of benzene rings is 2. The summed E-state index contributed by atoms with van der Waals surface area (Å²) in [4.78, 5) is 13.7. The van der Waals surface area contributed by atoms with Crippen LogP contribution in [0.15, 0.2) is 45.6 Å². The second-order valence-corrected chi connectivity index (χ2v) is 4.84. The van der Waals surface area contributed by atoms with Crippen molar-refractivity contribution in [3.8, 4) is 11.5 Å². The van der Waals surface area contributed by atoms with Crippen molar-refractivity contribution >= 4 is 22.7 Å². The number of H-pyrrole nitrogens is 1. The number of methoxy groups -OCH3 is 1. The fraction of sp³-hybridized carbons (Fsp3) is 0.133. The van der Waals surface area contributed by atoms with Crippen molar-refractivity contribution in [2.75, 3.05) is 7.11 Å². The molecule has 0 aliphatic rings. The van der Waals surface area contributed by atoms with E-state index in [9.17, 15) is 4.79 Å². The average Bonchev–Trinajstić information content (AvgIpc) is 2.84. The van der Waals surface area contributed by atoms with Gasteiger partial charge < -0.3 is 13.9 Å². The lowest BCUT2D eigenvalue weighted by Crippen LogP contribution is -1.96. The molecule has 1 N–H and O–H groups in total. The van der Waals surface area contributed by atoms with Crippen molar-refractivity contribution in [2.45, 2.75) is 6.61 Å². The Morgan fingerprint density at radius 3 is 2.71 bits per heavy atom. The van der Waals surface area contributed by atoms with E-state index in [0.717, 1.165) is 11.3 Å². The number of halogens is 1. The Morgan fingerprint density at radius 1 is 1.24 bits per heavy atom. The Bertz CT molecular complexity index is 820. The van der Waals surface area contributed by atoms with Gasteiger partial charge in [-0.2, -0.15) is 0 Å². The van der Waals surface area contributed by atoms with Gasteiger partial charge in [-0.3, -0.25) is 4.98 Å². The molecule has 0 saturated heterocycles. The highest BCUT2D eigenvalue weighted by Gasteiger charge is 2.09. The van der Waals surface area contributed by atoms with E-state index in [0.29, 0.717) is 28.5 Å². The molecule has 0 spiro atoms. The Morgan fingerprint density at radius 2 is 2.00 bits per heavy atom. The van der Waals surface area contributed by atoms with E-state index in [1.165, 1.54) is 0 Å². The summed E-state index contributed by atoms with van der Waals surface area (Å²) in [5.74, 6) is 0.725. The van der Waals surface area contributed by atoms with Crippen LogP contribution in [0, 0.1) is 0 Å². The number of fused-ring (bicyclic) bond motifs is 1. The second-order valence-electron chi connectivity index (χ2n) is 4.43. The molecule has 21 heavy (non-hydrogen) atoms. The summed E-state index contributed by atoms with van der Waals surface area (Å²) < 4.78 is 15.7. The van der Waals surface area contributed by atoms with Crippen LogP contribution in [0.1, 0.15) is 5.56 Å². The second kappa shape index (κ2) is 5.54. The Balaban J connectivity index is 1.80. The lowest BCUT2D eigenvalue weighted by molar-refractivity contribution is 0.306. The summed E-state index contributed by atoms with van der Waals surface area (Å²) in [7, 11) is 1.62. The van der Waals surface area contributed by atoms with E-state index in [2.05, 4.69) is 4.98 Å². The normalized spacial score (nSPS) is 10.8. The number of ether oxygens (including phenoxy) is 2. The maximum Gasteiger partial charge on any atom is 0.417 e. The third-order valence-electron chi connectivity index (χ3n) is 3.03. The molecule has 0 aliphatic heterocycles. The number of hydrogen-bond donors (Lipinski definition) is 1. The molecule has 0 saturated carbocycles. The molecule has 0 unspecified atom stereocenters. The molecule has 108 valence electrons. The minimum Gasteiger partial charge on any atom is -0.497 e. The van der Waals surface area contributed by atoms with Gasteiger partial charge >= 0.3 is 5.76 Å². The van der Waals surface area contributed by atoms with E-state index in [1.54, 1.807) is 19.2 Å². The molecule has 1 heterocycles. The van der Waals surface area contributed by atoms with E-state index in [-0.39, 0.29) is 0 Å². The predicted octanol–water partition coefficient (Wildman–Crippen LogP) is 3.36. The first-order valence-electron chi connectivity index (χ1n) is 6.24. The Kier molecular flexibility index (Phi) is 3.58. The standard InChI is InChI=1S/C15H12ClNO4/c1-19-10-4-2-9(3-5-10)8-20-13-7-14-12(6-11(13)16)17-15(18)21-14/h2-7H,8H2,1H3,(H,17,18). The van der Waals surface area contributed by atoms with Gasteiger partial charge in [0.25, 0.3) is 0 Å². The largest absolute Gasteiger partial charge is 0.497 e. The van der Waals surface area contributed by atoms with Gasteiger partial charge in [0, 0.05) is 6.07 Å². The van der Waals surface area contributed by atoms with Gasteiger partial charge in [-0.05, 0) is 23.8 Å². The first-order valence-corrected chi connectivity index (χ1v) is 6.61. The maximum atomic E-state index is 11.1. The molecule has 3 aromatic rings. The molecular weight excluding hydrogens is 294 g/mol. The van der Waals surface area contributed by atoms with Gasteiger partial charge in [-0.15, -0.1) is 0 Å². The predicted molar refractivity (Wildman–Crippen MR) is 79.2 cm³/mol. The van der Waals surface area contributed by atoms with Crippen LogP contribution < -0.4 is 15.2 Å². The first kappa shape index (κ1) is 13.6. The number of hydrogen-bond acceptors (Lipinski definition) is 4. The molecule has 2 aromatic carbocycles. The van der Waals surface area contributed by atoms with E-state index in [4.69, 9.17) is 25.5 Å². The summed E-state index contributed by atoms with van der Waals surface area (Å²) in [6.07, 6.45) is 0. The van der Waals surface area contributed by atoms with Crippen LogP contribution in [0.3, 0.4) is 0 Å². The zero-order valence-corrected chi connectivity index (χ0v) is 11.9. The first-order chi connectivity index (χ1) is 10.2. The zero-order valence-electron chi connectivity index (χ0n) is 11.2. The van der Waals surface area contributed by atoms with Crippen LogP contribution in [0.5, 0.6) is 11.5 Å². The molecule has 0 radical (unpaired) electrons. The SMILES string of the molecule is COc1ccc(COc2cc3oc(=O)[nH]c3cc2Cl)cc1. The lowest BCUT2D eigenvalue weighted by Gasteiger charge is -2.08. The molecule has 0 fully saturated rings. The van der Waals surface area contributed by atoms with E-state index in [1.807, 2.05) is 24.3 Å². The molecule has 3 rings (SSSR count). The van der Waals surface area contributed by atoms with Gasteiger partial charge in [0.2, 0.25) is 0 Å². The fourth-order valence-corrected chi connectivity index (χ4v) is 2.16. The Labute approximate surface area is 125 Å². The molecule has 0 amide bonds. The highest BCUT2D eigenvalue weighted by Crippen LogP contribution is 2.29. The fourth-order valence-electron chi connectivity index (χ4n) is 1.95. The van der Waals surface area contributed by atoms with Crippen molar-refractivity contribution < 1.29 is 13.9 Å². The van der Waals surface area contributed by atoms with Crippen LogP contribution in [-0.2, 0) is 6.61 Å². The molecule has 0 atom stereocenters. The van der Waals surface area contributed by atoms with Gasteiger partial charge in [0.15, 0.2) is 5.58 Å². The summed E-state index contributed by atoms with van der Waals surface area (Å²) in [6, 6.07) is 10.7. The highest BCUT2D eigenvalue weighted by atomic mass is 35.5. The molecule has 5 nitrogen and oxygen atoms in total. The molecular formula is C15H12ClNO4. The van der Waals surface area contributed by atoms with Crippen LogP contribution in [0.4, 0.5) is 0 Å². The number of nitrogens with one attached hydrogen (secondary N) is 1. The molecule has 0 bridgehead atoms. The summed E-state index contributed by atoms with van der Waals surface area (Å²) in [6.45, 7) is 0.351. The van der Waals surface area contributed by atoms with Crippen LogP contribution in [-0.4, -0.2) is 12.1 Å². The van der Waals surface area contributed by atoms with Crippen molar-refractivity contribution in [3.05, 3.63) is 57.5 Å². The number of rotatable bonds is 4. The van der Waals surface area contributed by atoms with E-state index >= 15 is 0 Å². The Hall–Kier alpha value is -2.40. The van der Waals surface area contributed by atoms with Crippen molar-refractivity contribution in [2.24, 2.45) is 0 Å². The number of aromatic nitrogens is 1. The highest BCUT2D eigenvalue weighted by molar-refractivity contribution is 6.32. The summed E-state index contributed by atoms with van der Waals surface area (Å²) >= 11 is 6.12. The van der Waals surface area contributed by atoms with Gasteiger partial charge in [0.05, 0.1) is 17.6 Å².